The zero-order chi connectivity index (χ0) is 17.3. The second-order valence-electron chi connectivity index (χ2n) is 5.64. The summed E-state index contributed by atoms with van der Waals surface area (Å²) in [7, 11) is 1.58. The zero-order valence-electron chi connectivity index (χ0n) is 13.8. The Balaban J connectivity index is 2.31. The number of rotatable bonds is 4. The fraction of sp³-hybridized carbons (Fsp3) is 0.150. The highest BCUT2D eigenvalue weighted by Gasteiger charge is 2.18. The Morgan fingerprint density at radius 3 is 2.58 bits per heavy atom. The van der Waals surface area contributed by atoms with Gasteiger partial charge in [0.1, 0.15) is 17.3 Å². The van der Waals surface area contributed by atoms with Crippen molar-refractivity contribution in [3.8, 4) is 33.9 Å². The van der Waals surface area contributed by atoms with Gasteiger partial charge in [0.05, 0.1) is 13.4 Å². The van der Waals surface area contributed by atoms with E-state index in [0.29, 0.717) is 28.0 Å². The van der Waals surface area contributed by atoms with E-state index in [2.05, 4.69) is 0 Å². The Morgan fingerprint density at radius 1 is 1.17 bits per heavy atom. The van der Waals surface area contributed by atoms with Crippen LogP contribution in [0.5, 0.6) is 11.5 Å². The first-order valence-corrected chi connectivity index (χ1v) is 7.57. The van der Waals surface area contributed by atoms with Crippen LogP contribution >= 0.6 is 0 Å². The molecule has 4 heteroatoms. The predicted octanol–water partition coefficient (Wildman–Crippen LogP) is 4.76. The van der Waals surface area contributed by atoms with Gasteiger partial charge in [-0.05, 0) is 61.4 Å². The van der Waals surface area contributed by atoms with E-state index in [0.717, 1.165) is 23.2 Å². The van der Waals surface area contributed by atoms with Crippen LogP contribution in [0, 0.1) is 13.8 Å². The number of phenolic OH excluding ortho intramolecular Hbond substituents is 1. The molecule has 3 aromatic rings. The molecule has 1 heterocycles. The third-order valence-corrected chi connectivity index (χ3v) is 4.17. The molecule has 24 heavy (non-hydrogen) atoms. The average molecular weight is 322 g/mol. The molecule has 0 radical (unpaired) electrons. The van der Waals surface area contributed by atoms with Crippen molar-refractivity contribution in [1.82, 2.24) is 0 Å². The number of carbonyl (C=O) groups excluding carboxylic acids is 1. The van der Waals surface area contributed by atoms with Crippen LogP contribution in [0.3, 0.4) is 0 Å². The first kappa shape index (κ1) is 15.9. The van der Waals surface area contributed by atoms with Gasteiger partial charge < -0.3 is 14.3 Å². The van der Waals surface area contributed by atoms with Gasteiger partial charge in [0, 0.05) is 22.3 Å². The average Bonchev–Trinajstić information content (AvgIpc) is 3.13. The highest BCUT2D eigenvalue weighted by atomic mass is 16.5. The van der Waals surface area contributed by atoms with Crippen LogP contribution in [-0.2, 0) is 0 Å². The summed E-state index contributed by atoms with van der Waals surface area (Å²) in [4.78, 5) is 11.6. The summed E-state index contributed by atoms with van der Waals surface area (Å²) in [5.74, 6) is 1.53. The number of carbonyl (C=O) groups is 1. The smallest absolute Gasteiger partial charge is 0.150 e. The molecule has 0 saturated carbocycles. The molecule has 0 aliphatic rings. The fourth-order valence-corrected chi connectivity index (χ4v) is 2.95. The quantitative estimate of drug-likeness (QED) is 0.704. The molecule has 0 fully saturated rings. The van der Waals surface area contributed by atoms with E-state index < -0.39 is 0 Å². The van der Waals surface area contributed by atoms with Gasteiger partial charge in [0.2, 0.25) is 0 Å². The highest BCUT2D eigenvalue weighted by Crippen LogP contribution is 2.41. The summed E-state index contributed by atoms with van der Waals surface area (Å²) < 4.78 is 10.9. The lowest BCUT2D eigenvalue weighted by Gasteiger charge is -2.16. The largest absolute Gasteiger partial charge is 0.507 e. The minimum absolute atomic E-state index is 0.182. The molecule has 2 aromatic carbocycles. The van der Waals surface area contributed by atoms with Crippen molar-refractivity contribution in [1.29, 1.82) is 0 Å². The molecular formula is C20H18O4. The number of phenols is 1. The third-order valence-electron chi connectivity index (χ3n) is 4.17. The van der Waals surface area contributed by atoms with Crippen molar-refractivity contribution in [2.45, 2.75) is 13.8 Å². The lowest BCUT2D eigenvalue weighted by Crippen LogP contribution is -1.97. The van der Waals surface area contributed by atoms with Gasteiger partial charge >= 0.3 is 0 Å². The van der Waals surface area contributed by atoms with Gasteiger partial charge in [-0.15, -0.1) is 0 Å². The number of hydrogen-bond donors (Lipinski definition) is 1. The van der Waals surface area contributed by atoms with Crippen LogP contribution in [0.4, 0.5) is 0 Å². The first-order chi connectivity index (χ1) is 11.6. The summed E-state index contributed by atoms with van der Waals surface area (Å²) in [6.45, 7) is 3.57. The van der Waals surface area contributed by atoms with Crippen molar-refractivity contribution < 1.29 is 19.1 Å². The van der Waals surface area contributed by atoms with Crippen molar-refractivity contribution in [3.05, 3.63) is 59.4 Å². The second-order valence-corrected chi connectivity index (χ2v) is 5.64. The number of aromatic hydroxyl groups is 1. The molecular weight excluding hydrogens is 304 g/mol. The number of furan rings is 1. The van der Waals surface area contributed by atoms with E-state index in [1.807, 2.05) is 30.3 Å². The van der Waals surface area contributed by atoms with Crippen molar-refractivity contribution >= 4 is 6.29 Å². The molecule has 0 spiro atoms. The molecule has 0 aliphatic carbocycles. The molecule has 0 unspecified atom stereocenters. The number of aryl methyl sites for hydroxylation is 1. The third kappa shape index (κ3) is 2.56. The van der Waals surface area contributed by atoms with E-state index in [1.54, 1.807) is 33.3 Å². The maximum absolute atomic E-state index is 11.6. The van der Waals surface area contributed by atoms with Crippen molar-refractivity contribution in [3.63, 3.8) is 0 Å². The zero-order valence-corrected chi connectivity index (χ0v) is 13.8. The minimum Gasteiger partial charge on any atom is -0.507 e. The molecule has 0 aliphatic heterocycles. The normalized spacial score (nSPS) is 10.6. The fourth-order valence-electron chi connectivity index (χ4n) is 2.95. The molecule has 0 amide bonds. The van der Waals surface area contributed by atoms with Crippen LogP contribution in [0.15, 0.2) is 47.1 Å². The Labute approximate surface area is 140 Å². The maximum atomic E-state index is 11.6. The predicted molar refractivity (Wildman–Crippen MR) is 92.7 cm³/mol. The minimum atomic E-state index is 0.182. The molecule has 122 valence electrons. The van der Waals surface area contributed by atoms with E-state index >= 15 is 0 Å². The molecule has 1 aromatic heterocycles. The number of methoxy groups -OCH3 is 1. The second kappa shape index (κ2) is 6.24. The number of benzene rings is 2. The standard InChI is InChI=1S/C20H18O4/c1-12-9-15(11-21)19(13(2)20(12)22)16-10-14(6-7-18(16)23-3)17-5-4-8-24-17/h4-11,22H,1-3H3. The van der Waals surface area contributed by atoms with Crippen LogP contribution < -0.4 is 4.74 Å². The van der Waals surface area contributed by atoms with Crippen LogP contribution in [0.1, 0.15) is 21.5 Å². The van der Waals surface area contributed by atoms with Crippen LogP contribution in [-0.4, -0.2) is 18.5 Å². The number of aldehydes is 1. The van der Waals surface area contributed by atoms with E-state index in [1.165, 1.54) is 0 Å². The Hall–Kier alpha value is -3.01. The van der Waals surface area contributed by atoms with E-state index in [-0.39, 0.29) is 5.75 Å². The Morgan fingerprint density at radius 2 is 1.96 bits per heavy atom. The lowest BCUT2D eigenvalue weighted by molar-refractivity contribution is 0.112. The topological polar surface area (TPSA) is 59.7 Å². The number of hydrogen-bond acceptors (Lipinski definition) is 4. The SMILES string of the molecule is COc1ccc(-c2ccco2)cc1-c1c(C=O)cc(C)c(O)c1C. The van der Waals surface area contributed by atoms with Crippen LogP contribution in [0.2, 0.25) is 0 Å². The highest BCUT2D eigenvalue weighted by molar-refractivity contribution is 5.93. The van der Waals surface area contributed by atoms with Gasteiger partial charge in [-0.3, -0.25) is 4.79 Å². The van der Waals surface area contributed by atoms with Gasteiger partial charge in [-0.2, -0.15) is 0 Å². The summed E-state index contributed by atoms with van der Waals surface area (Å²) in [6, 6.07) is 11.0. The van der Waals surface area contributed by atoms with Gasteiger partial charge in [-0.1, -0.05) is 0 Å². The van der Waals surface area contributed by atoms with Crippen molar-refractivity contribution in [2.24, 2.45) is 0 Å². The Kier molecular flexibility index (Phi) is 4.13. The van der Waals surface area contributed by atoms with Gasteiger partial charge in [0.15, 0.2) is 6.29 Å². The summed E-state index contributed by atoms with van der Waals surface area (Å²) in [6.07, 6.45) is 2.41. The molecule has 0 bridgehead atoms. The number of ether oxygens (including phenoxy) is 1. The van der Waals surface area contributed by atoms with Crippen molar-refractivity contribution in [2.75, 3.05) is 7.11 Å². The summed E-state index contributed by atoms with van der Waals surface area (Å²) in [5.41, 5.74) is 4.09. The summed E-state index contributed by atoms with van der Waals surface area (Å²) in [5, 5.41) is 10.3. The Bertz CT molecular complexity index is 892. The van der Waals surface area contributed by atoms with Crippen LogP contribution in [0.25, 0.3) is 22.5 Å². The lowest BCUT2D eigenvalue weighted by atomic mass is 9.91. The van der Waals surface area contributed by atoms with E-state index in [4.69, 9.17) is 9.15 Å². The summed E-state index contributed by atoms with van der Waals surface area (Å²) >= 11 is 0. The van der Waals surface area contributed by atoms with E-state index in [9.17, 15) is 9.90 Å². The molecule has 3 rings (SSSR count). The maximum Gasteiger partial charge on any atom is 0.150 e. The first-order valence-electron chi connectivity index (χ1n) is 7.57. The molecule has 0 atom stereocenters. The van der Waals surface area contributed by atoms with Gasteiger partial charge in [-0.25, -0.2) is 0 Å². The van der Waals surface area contributed by atoms with Gasteiger partial charge in [0.25, 0.3) is 0 Å². The molecule has 1 N–H and O–H groups in total. The monoisotopic (exact) mass is 322 g/mol. The molecule has 0 saturated heterocycles. The molecule has 4 nitrogen and oxygen atoms in total.